The fraction of sp³-hybridized carbons (Fsp3) is 0.333. The third kappa shape index (κ3) is 3.10. The van der Waals surface area contributed by atoms with Crippen LogP contribution in [-0.2, 0) is 19.8 Å². The van der Waals surface area contributed by atoms with E-state index < -0.39 is 29.4 Å². The number of carbonyl (C=O) groups excluding carboxylic acids is 1. The summed E-state index contributed by atoms with van der Waals surface area (Å²) in [6.07, 6.45) is -1.28. The minimum Gasteiger partial charge on any atom is -0.452 e. The van der Waals surface area contributed by atoms with E-state index in [9.17, 15) is 10.1 Å². The molecule has 160 valence electrons. The average molecular weight is 425 g/mol. The second-order valence-electron chi connectivity index (χ2n) is 7.33. The summed E-state index contributed by atoms with van der Waals surface area (Å²) < 4.78 is 34.4. The van der Waals surface area contributed by atoms with Crippen LogP contribution >= 0.6 is 0 Å². The van der Waals surface area contributed by atoms with E-state index >= 15 is 4.39 Å². The van der Waals surface area contributed by atoms with E-state index in [4.69, 9.17) is 19.9 Å². The molecule has 1 aliphatic heterocycles. The molecule has 2 aromatic heterocycles. The fourth-order valence-electron chi connectivity index (χ4n) is 3.91. The molecule has 4 rings (SSSR count). The van der Waals surface area contributed by atoms with E-state index in [-0.39, 0.29) is 23.7 Å². The summed E-state index contributed by atoms with van der Waals surface area (Å²) in [4.78, 5) is 16.6. The van der Waals surface area contributed by atoms with Crippen molar-refractivity contribution < 1.29 is 23.4 Å². The first-order valence-corrected chi connectivity index (χ1v) is 9.47. The Hall–Kier alpha value is -3.55. The topological polar surface area (TPSA) is 125 Å². The molecule has 4 atom stereocenters. The van der Waals surface area contributed by atoms with Crippen LogP contribution in [0.1, 0.15) is 23.0 Å². The Kier molecular flexibility index (Phi) is 5.08. The molecule has 31 heavy (non-hydrogen) atoms. The van der Waals surface area contributed by atoms with E-state index in [1.165, 1.54) is 30.9 Å². The van der Waals surface area contributed by atoms with Crippen molar-refractivity contribution >= 4 is 17.3 Å². The summed E-state index contributed by atoms with van der Waals surface area (Å²) in [6.45, 7) is 1.06. The van der Waals surface area contributed by atoms with Crippen LogP contribution in [0.15, 0.2) is 48.8 Å². The molecule has 2 N–H and O–H groups in total. The first-order valence-electron chi connectivity index (χ1n) is 9.47. The molecule has 0 radical (unpaired) electrons. The Balaban J connectivity index is 1.80. The lowest BCUT2D eigenvalue weighted by atomic mass is 9.81. The van der Waals surface area contributed by atoms with Gasteiger partial charge in [-0.15, -0.1) is 0 Å². The van der Waals surface area contributed by atoms with Crippen LogP contribution in [0.25, 0.3) is 5.52 Å². The molecule has 3 aromatic rings. The lowest BCUT2D eigenvalue weighted by Gasteiger charge is -2.32. The van der Waals surface area contributed by atoms with Crippen LogP contribution in [-0.4, -0.2) is 52.2 Å². The number of halogens is 1. The fourth-order valence-corrected chi connectivity index (χ4v) is 3.91. The van der Waals surface area contributed by atoms with Gasteiger partial charge in [0.05, 0.1) is 17.9 Å². The Bertz CT molecular complexity index is 1160. The van der Waals surface area contributed by atoms with Gasteiger partial charge in [0.1, 0.15) is 24.0 Å². The van der Waals surface area contributed by atoms with Crippen molar-refractivity contribution in [3.8, 4) is 6.07 Å². The molecule has 0 saturated carbocycles. The third-order valence-electron chi connectivity index (χ3n) is 5.46. The molecular formula is C21H20FN5O4. The molecular weight excluding hydrogens is 405 g/mol. The van der Waals surface area contributed by atoms with E-state index in [1.807, 2.05) is 6.07 Å². The first kappa shape index (κ1) is 20.7. The van der Waals surface area contributed by atoms with Crippen molar-refractivity contribution in [1.82, 2.24) is 14.6 Å². The van der Waals surface area contributed by atoms with Crippen molar-refractivity contribution in [1.29, 1.82) is 5.26 Å². The molecule has 1 fully saturated rings. The van der Waals surface area contributed by atoms with Gasteiger partial charge in [0.2, 0.25) is 5.60 Å². The van der Waals surface area contributed by atoms with Gasteiger partial charge in [-0.05, 0) is 31.2 Å². The van der Waals surface area contributed by atoms with E-state index in [2.05, 4.69) is 10.1 Å². The number of aromatic nitrogens is 3. The molecule has 0 aliphatic carbocycles. The third-order valence-corrected chi connectivity index (χ3v) is 5.46. The number of esters is 1. The molecule has 10 heteroatoms. The summed E-state index contributed by atoms with van der Waals surface area (Å²) in [5, 5.41) is 14.2. The minimum absolute atomic E-state index is 0.100. The molecule has 0 spiro atoms. The first-order chi connectivity index (χ1) is 14.9. The molecule has 0 bridgehead atoms. The zero-order chi connectivity index (χ0) is 22.2. The summed E-state index contributed by atoms with van der Waals surface area (Å²) in [7, 11) is 1.40. The Labute approximate surface area is 177 Å². The molecule has 1 saturated heterocycles. The SMILES string of the molecule is COC[C@H]1OC(C#N)(c2ccc3c(N)ncnn23)[C@](C)(F)[C@@H]1OC(=O)c1ccccc1. The minimum atomic E-state index is -2.45. The van der Waals surface area contributed by atoms with Gasteiger partial charge in [0.25, 0.3) is 0 Å². The van der Waals surface area contributed by atoms with Crippen molar-refractivity contribution in [3.05, 3.63) is 60.0 Å². The lowest BCUT2D eigenvalue weighted by Crippen LogP contribution is -2.50. The molecule has 3 heterocycles. The van der Waals surface area contributed by atoms with Crippen LogP contribution in [0.4, 0.5) is 10.2 Å². The highest BCUT2D eigenvalue weighted by molar-refractivity contribution is 5.89. The van der Waals surface area contributed by atoms with Crippen LogP contribution < -0.4 is 5.73 Å². The van der Waals surface area contributed by atoms with Gasteiger partial charge in [0, 0.05) is 7.11 Å². The number of ether oxygens (including phenoxy) is 3. The van der Waals surface area contributed by atoms with Gasteiger partial charge in [0.15, 0.2) is 17.6 Å². The number of nitrogen functional groups attached to an aromatic ring is 1. The number of methoxy groups -OCH3 is 1. The number of anilines is 1. The zero-order valence-electron chi connectivity index (χ0n) is 16.9. The number of alkyl halides is 1. The Morgan fingerprint density at radius 3 is 2.77 bits per heavy atom. The van der Waals surface area contributed by atoms with Gasteiger partial charge >= 0.3 is 5.97 Å². The maximum Gasteiger partial charge on any atom is 0.338 e. The van der Waals surface area contributed by atoms with E-state index in [1.54, 1.807) is 36.4 Å². The largest absolute Gasteiger partial charge is 0.452 e. The second-order valence-corrected chi connectivity index (χ2v) is 7.33. The highest BCUT2D eigenvalue weighted by atomic mass is 19.1. The summed E-state index contributed by atoms with van der Waals surface area (Å²) in [6, 6.07) is 13.2. The van der Waals surface area contributed by atoms with Crippen molar-refractivity contribution in [2.75, 3.05) is 19.5 Å². The maximum absolute atomic E-state index is 16.5. The van der Waals surface area contributed by atoms with Crippen molar-refractivity contribution in [2.24, 2.45) is 0 Å². The number of hydrogen-bond donors (Lipinski definition) is 1. The number of carbonyl (C=O) groups is 1. The number of nitrogens with two attached hydrogens (primary N) is 1. The average Bonchev–Trinajstić information content (AvgIpc) is 3.29. The monoisotopic (exact) mass is 425 g/mol. The standard InChI is InChI=1S/C21H20FN5O4/c1-20(22)17(30-19(28)13-6-4-3-5-7-13)15(10-29-2)31-21(20,11-23)16-9-8-14-18(24)25-12-26-27(14)16/h3-9,12,15,17H,10H2,1-2H3,(H2,24,25,26)/t15-,17-,20-,21?/m1/s1. The summed E-state index contributed by atoms with van der Waals surface area (Å²) >= 11 is 0. The quantitative estimate of drug-likeness (QED) is 0.616. The lowest BCUT2D eigenvalue weighted by molar-refractivity contribution is -0.0762. The number of benzene rings is 1. The number of fused-ring (bicyclic) bond motifs is 1. The number of rotatable bonds is 5. The molecule has 1 aromatic carbocycles. The van der Waals surface area contributed by atoms with Crippen molar-refractivity contribution in [3.63, 3.8) is 0 Å². The Morgan fingerprint density at radius 2 is 2.10 bits per heavy atom. The van der Waals surface area contributed by atoms with E-state index in [0.29, 0.717) is 5.52 Å². The predicted octanol–water partition coefficient (Wildman–Crippen LogP) is 2.03. The van der Waals surface area contributed by atoms with Gasteiger partial charge in [-0.3, -0.25) is 0 Å². The van der Waals surface area contributed by atoms with Gasteiger partial charge < -0.3 is 19.9 Å². The van der Waals surface area contributed by atoms with Crippen LogP contribution in [0.2, 0.25) is 0 Å². The van der Waals surface area contributed by atoms with Crippen LogP contribution in [0.3, 0.4) is 0 Å². The number of nitrogens with zero attached hydrogens (tertiary/aromatic N) is 4. The predicted molar refractivity (Wildman–Crippen MR) is 107 cm³/mol. The molecule has 1 aliphatic rings. The molecule has 9 nitrogen and oxygen atoms in total. The van der Waals surface area contributed by atoms with Crippen LogP contribution in [0, 0.1) is 11.3 Å². The van der Waals surface area contributed by atoms with Gasteiger partial charge in [-0.2, -0.15) is 10.4 Å². The summed E-state index contributed by atoms with van der Waals surface area (Å²) in [5.41, 5.74) is 2.01. The number of nitriles is 1. The second kappa shape index (κ2) is 7.61. The highest BCUT2D eigenvalue weighted by Crippen LogP contribution is 2.51. The summed E-state index contributed by atoms with van der Waals surface area (Å²) in [5.74, 6) is -0.576. The molecule has 0 amide bonds. The van der Waals surface area contributed by atoms with Gasteiger partial charge in [-0.1, -0.05) is 18.2 Å². The van der Waals surface area contributed by atoms with Crippen LogP contribution in [0.5, 0.6) is 0 Å². The number of hydrogen-bond acceptors (Lipinski definition) is 8. The smallest absolute Gasteiger partial charge is 0.338 e. The zero-order valence-corrected chi connectivity index (χ0v) is 16.9. The van der Waals surface area contributed by atoms with E-state index in [0.717, 1.165) is 0 Å². The van der Waals surface area contributed by atoms with Crippen molar-refractivity contribution in [2.45, 2.75) is 30.4 Å². The highest BCUT2D eigenvalue weighted by Gasteiger charge is 2.69. The van der Waals surface area contributed by atoms with Gasteiger partial charge in [-0.25, -0.2) is 18.7 Å². The Morgan fingerprint density at radius 1 is 1.35 bits per heavy atom. The normalized spacial score (nSPS) is 27.8. The maximum atomic E-state index is 16.5. The molecule has 1 unspecified atom stereocenters.